The summed E-state index contributed by atoms with van der Waals surface area (Å²) in [7, 11) is 0. The highest BCUT2D eigenvalue weighted by Gasteiger charge is 2.04. The summed E-state index contributed by atoms with van der Waals surface area (Å²) in [6, 6.07) is 0.469. The highest BCUT2D eigenvalue weighted by molar-refractivity contribution is 7.13. The maximum atomic E-state index is 11.4. The number of carbonyl (C=O) groups is 1. The number of anilines is 1. The molecule has 0 saturated heterocycles. The summed E-state index contributed by atoms with van der Waals surface area (Å²) in [5.74, 6) is -0.00249. The number of rotatable bonds is 6. The predicted octanol–water partition coefficient (Wildman–Crippen LogP) is 1.25. The second kappa shape index (κ2) is 6.47. The molecule has 0 aliphatic rings. The third-order valence-electron chi connectivity index (χ3n) is 1.74. The summed E-state index contributed by atoms with van der Waals surface area (Å²) < 4.78 is 0. The zero-order valence-corrected chi connectivity index (χ0v) is 9.80. The maximum Gasteiger partial charge on any atom is 0.226 e. The Morgan fingerprint density at radius 2 is 2.40 bits per heavy atom. The monoisotopic (exact) mass is 228 g/mol. The first-order valence-corrected chi connectivity index (χ1v) is 5.86. The van der Waals surface area contributed by atoms with E-state index in [1.54, 1.807) is 5.51 Å². The van der Waals surface area contributed by atoms with Crippen LogP contribution in [-0.2, 0) is 4.79 Å². The molecule has 0 saturated carbocycles. The van der Waals surface area contributed by atoms with Crippen LogP contribution in [0.5, 0.6) is 0 Å². The Balaban J connectivity index is 2.09. The predicted molar refractivity (Wildman–Crippen MR) is 60.9 cm³/mol. The van der Waals surface area contributed by atoms with Crippen LogP contribution in [0.4, 0.5) is 5.13 Å². The smallest absolute Gasteiger partial charge is 0.226 e. The molecule has 84 valence electrons. The van der Waals surface area contributed by atoms with Crippen LogP contribution in [0.25, 0.3) is 0 Å². The van der Waals surface area contributed by atoms with Crippen LogP contribution >= 0.6 is 11.3 Å². The Morgan fingerprint density at radius 1 is 1.60 bits per heavy atom. The molecule has 1 aromatic heterocycles. The molecular formula is C9H16N4OS. The molecular weight excluding hydrogens is 212 g/mol. The molecule has 1 aromatic rings. The summed E-state index contributed by atoms with van der Waals surface area (Å²) in [6.45, 7) is 5.03. The minimum absolute atomic E-state index is 0.00249. The second-order valence-corrected chi connectivity index (χ2v) is 4.34. The van der Waals surface area contributed by atoms with E-state index in [1.165, 1.54) is 11.3 Å². The Hall–Kier alpha value is -1.01. The zero-order valence-electron chi connectivity index (χ0n) is 8.99. The number of amides is 1. The van der Waals surface area contributed by atoms with Crippen molar-refractivity contribution in [2.24, 2.45) is 0 Å². The highest BCUT2D eigenvalue weighted by Crippen LogP contribution is 2.08. The summed E-state index contributed by atoms with van der Waals surface area (Å²) in [5, 5.41) is 13.9. The highest BCUT2D eigenvalue weighted by atomic mass is 32.1. The molecule has 1 heterocycles. The number of hydrogen-bond acceptors (Lipinski definition) is 5. The van der Waals surface area contributed by atoms with Gasteiger partial charge in [0, 0.05) is 12.5 Å². The molecule has 1 amide bonds. The summed E-state index contributed by atoms with van der Waals surface area (Å²) >= 11 is 1.33. The molecule has 0 aliphatic carbocycles. The molecule has 0 unspecified atom stereocenters. The van der Waals surface area contributed by atoms with Gasteiger partial charge < -0.3 is 10.6 Å². The van der Waals surface area contributed by atoms with Crippen molar-refractivity contribution in [1.29, 1.82) is 0 Å². The van der Waals surface area contributed by atoms with Gasteiger partial charge in [-0.05, 0) is 13.0 Å². The average molecular weight is 228 g/mol. The standard InChI is InChI=1S/C9H16N4OS/c1-7(2)10-5-3-4-8(14)12-9-13-11-6-15-9/h6-7,10H,3-5H2,1-2H3,(H,12,13,14). The van der Waals surface area contributed by atoms with Gasteiger partial charge in [0.2, 0.25) is 11.0 Å². The van der Waals surface area contributed by atoms with Crippen LogP contribution in [0, 0.1) is 0 Å². The number of hydrogen-bond donors (Lipinski definition) is 2. The summed E-state index contributed by atoms with van der Waals surface area (Å²) in [6.07, 6.45) is 1.35. The lowest BCUT2D eigenvalue weighted by atomic mass is 10.3. The van der Waals surface area contributed by atoms with E-state index in [-0.39, 0.29) is 5.91 Å². The molecule has 2 N–H and O–H groups in total. The van der Waals surface area contributed by atoms with Crippen LogP contribution in [0.1, 0.15) is 26.7 Å². The van der Waals surface area contributed by atoms with Crippen molar-refractivity contribution in [3.63, 3.8) is 0 Å². The Labute approximate surface area is 93.3 Å². The Morgan fingerprint density at radius 3 is 3.00 bits per heavy atom. The molecule has 0 aromatic carbocycles. The molecule has 15 heavy (non-hydrogen) atoms. The molecule has 0 fully saturated rings. The van der Waals surface area contributed by atoms with Crippen LogP contribution in [-0.4, -0.2) is 28.7 Å². The van der Waals surface area contributed by atoms with E-state index >= 15 is 0 Å². The molecule has 5 nitrogen and oxygen atoms in total. The maximum absolute atomic E-state index is 11.4. The van der Waals surface area contributed by atoms with E-state index in [0.29, 0.717) is 17.6 Å². The molecule has 0 bridgehead atoms. The minimum atomic E-state index is -0.00249. The lowest BCUT2D eigenvalue weighted by Gasteiger charge is -2.06. The van der Waals surface area contributed by atoms with Gasteiger partial charge in [-0.25, -0.2) is 0 Å². The van der Waals surface area contributed by atoms with E-state index in [4.69, 9.17) is 0 Å². The largest absolute Gasteiger partial charge is 0.315 e. The quantitative estimate of drug-likeness (QED) is 0.719. The van der Waals surface area contributed by atoms with E-state index in [0.717, 1.165) is 13.0 Å². The second-order valence-electron chi connectivity index (χ2n) is 3.50. The fourth-order valence-corrected chi connectivity index (χ4v) is 1.51. The van der Waals surface area contributed by atoms with Crippen LogP contribution in [0.2, 0.25) is 0 Å². The van der Waals surface area contributed by atoms with Gasteiger partial charge in [-0.1, -0.05) is 25.2 Å². The van der Waals surface area contributed by atoms with Crippen molar-refractivity contribution in [3.05, 3.63) is 5.51 Å². The molecule has 1 rings (SSSR count). The third-order valence-corrected chi connectivity index (χ3v) is 2.35. The van der Waals surface area contributed by atoms with Crippen LogP contribution < -0.4 is 10.6 Å². The van der Waals surface area contributed by atoms with Crippen LogP contribution in [0.15, 0.2) is 5.51 Å². The topological polar surface area (TPSA) is 66.9 Å². The molecule has 0 atom stereocenters. The van der Waals surface area contributed by atoms with Gasteiger partial charge in [-0.15, -0.1) is 10.2 Å². The number of nitrogens with zero attached hydrogens (tertiary/aromatic N) is 2. The Bertz CT molecular complexity index is 286. The lowest BCUT2D eigenvalue weighted by molar-refractivity contribution is -0.116. The van der Waals surface area contributed by atoms with Crippen molar-refractivity contribution >= 4 is 22.4 Å². The van der Waals surface area contributed by atoms with Gasteiger partial charge in [0.15, 0.2) is 0 Å². The molecule has 0 spiro atoms. The van der Waals surface area contributed by atoms with Crippen molar-refractivity contribution in [2.75, 3.05) is 11.9 Å². The van der Waals surface area contributed by atoms with Gasteiger partial charge in [-0.3, -0.25) is 4.79 Å². The minimum Gasteiger partial charge on any atom is -0.315 e. The normalized spacial score (nSPS) is 10.6. The summed E-state index contributed by atoms with van der Waals surface area (Å²) in [5.41, 5.74) is 1.59. The van der Waals surface area contributed by atoms with E-state index in [9.17, 15) is 4.79 Å². The first kappa shape index (κ1) is 12.1. The number of nitrogens with one attached hydrogen (secondary N) is 2. The first-order valence-electron chi connectivity index (χ1n) is 4.98. The molecule has 0 aliphatic heterocycles. The van der Waals surface area contributed by atoms with E-state index in [2.05, 4.69) is 34.7 Å². The van der Waals surface area contributed by atoms with Crippen molar-refractivity contribution < 1.29 is 4.79 Å². The average Bonchev–Trinajstić information content (AvgIpc) is 2.64. The first-order chi connectivity index (χ1) is 7.18. The van der Waals surface area contributed by atoms with Crippen LogP contribution in [0.3, 0.4) is 0 Å². The van der Waals surface area contributed by atoms with Gasteiger partial charge in [0.1, 0.15) is 5.51 Å². The van der Waals surface area contributed by atoms with Gasteiger partial charge in [0.25, 0.3) is 0 Å². The number of carbonyl (C=O) groups excluding carboxylic acids is 1. The van der Waals surface area contributed by atoms with Gasteiger partial charge in [0.05, 0.1) is 0 Å². The van der Waals surface area contributed by atoms with E-state index in [1.807, 2.05) is 0 Å². The van der Waals surface area contributed by atoms with Crippen molar-refractivity contribution in [2.45, 2.75) is 32.7 Å². The van der Waals surface area contributed by atoms with Gasteiger partial charge >= 0.3 is 0 Å². The lowest BCUT2D eigenvalue weighted by Crippen LogP contribution is -2.24. The number of aromatic nitrogens is 2. The Kier molecular flexibility index (Phi) is 5.20. The molecule has 6 heteroatoms. The zero-order chi connectivity index (χ0) is 11.1. The van der Waals surface area contributed by atoms with Crippen molar-refractivity contribution in [1.82, 2.24) is 15.5 Å². The SMILES string of the molecule is CC(C)NCCCC(=O)Nc1nncs1. The van der Waals surface area contributed by atoms with Crippen molar-refractivity contribution in [3.8, 4) is 0 Å². The third kappa shape index (κ3) is 5.44. The fraction of sp³-hybridized carbons (Fsp3) is 0.667. The fourth-order valence-electron chi connectivity index (χ4n) is 1.05. The van der Waals surface area contributed by atoms with E-state index < -0.39 is 0 Å². The van der Waals surface area contributed by atoms with Gasteiger partial charge in [-0.2, -0.15) is 0 Å². The summed E-state index contributed by atoms with van der Waals surface area (Å²) in [4.78, 5) is 11.4. The molecule has 0 radical (unpaired) electrons.